The molecule has 16 heavy (non-hydrogen) atoms. The van der Waals surface area contributed by atoms with Crippen molar-refractivity contribution >= 4 is 5.91 Å². The summed E-state index contributed by atoms with van der Waals surface area (Å²) in [4.78, 5) is 13.5. The zero-order valence-electron chi connectivity index (χ0n) is 9.64. The Morgan fingerprint density at radius 1 is 1.19 bits per heavy atom. The summed E-state index contributed by atoms with van der Waals surface area (Å²) in [7, 11) is 0. The van der Waals surface area contributed by atoms with Gasteiger partial charge >= 0.3 is 0 Å². The molecule has 0 saturated carbocycles. The van der Waals surface area contributed by atoms with E-state index in [0.717, 1.165) is 25.9 Å². The number of nitrogens with zero attached hydrogens (tertiary/aromatic N) is 1. The van der Waals surface area contributed by atoms with E-state index < -0.39 is 12.2 Å². The van der Waals surface area contributed by atoms with Crippen LogP contribution in [-0.2, 0) is 4.79 Å². The predicted molar refractivity (Wildman–Crippen MR) is 60.7 cm³/mol. The zero-order chi connectivity index (χ0) is 12.0. The van der Waals surface area contributed by atoms with Crippen LogP contribution in [0.2, 0.25) is 0 Å². The lowest BCUT2D eigenvalue weighted by molar-refractivity contribution is -0.134. The number of piperidine rings is 1. The highest BCUT2D eigenvalue weighted by Crippen LogP contribution is 2.12. The number of carbonyl (C=O) groups is 1. The Bertz CT molecular complexity index is 217. The molecule has 5 heteroatoms. The Labute approximate surface area is 96.2 Å². The third kappa shape index (κ3) is 4.47. The molecule has 0 spiro atoms. The molecule has 1 saturated heterocycles. The largest absolute Gasteiger partial charge is 0.392 e. The molecule has 1 heterocycles. The molecule has 0 radical (unpaired) electrons. The van der Waals surface area contributed by atoms with Gasteiger partial charge in [-0.3, -0.25) is 4.79 Å². The van der Waals surface area contributed by atoms with Gasteiger partial charge in [0.05, 0.1) is 18.6 Å². The van der Waals surface area contributed by atoms with Gasteiger partial charge in [0.1, 0.15) is 0 Å². The molecule has 1 fully saturated rings. The second-order valence-electron chi connectivity index (χ2n) is 4.42. The molecule has 1 aliphatic rings. The van der Waals surface area contributed by atoms with Crippen molar-refractivity contribution in [3.63, 3.8) is 0 Å². The van der Waals surface area contributed by atoms with Gasteiger partial charge in [-0.2, -0.15) is 0 Å². The van der Waals surface area contributed by atoms with Crippen LogP contribution >= 0.6 is 0 Å². The monoisotopic (exact) mass is 230 g/mol. The van der Waals surface area contributed by atoms with Crippen LogP contribution < -0.4 is 5.73 Å². The second-order valence-corrected chi connectivity index (χ2v) is 4.42. The van der Waals surface area contributed by atoms with Gasteiger partial charge in [-0.1, -0.05) is 0 Å². The molecule has 0 aliphatic carbocycles. The SMILES string of the molecule is NC[C@@H](O)C[C@@H](O)CC(=O)N1CCCCC1. The van der Waals surface area contributed by atoms with E-state index in [-0.39, 0.29) is 25.3 Å². The lowest BCUT2D eigenvalue weighted by atomic mass is 10.1. The van der Waals surface area contributed by atoms with E-state index in [9.17, 15) is 15.0 Å². The molecule has 0 unspecified atom stereocenters. The molecule has 5 nitrogen and oxygen atoms in total. The average molecular weight is 230 g/mol. The summed E-state index contributed by atoms with van der Waals surface area (Å²) in [5.74, 6) is -0.0172. The zero-order valence-corrected chi connectivity index (χ0v) is 9.64. The fraction of sp³-hybridized carbons (Fsp3) is 0.909. The topological polar surface area (TPSA) is 86.8 Å². The molecule has 0 aromatic rings. The minimum absolute atomic E-state index is 0.0172. The summed E-state index contributed by atoms with van der Waals surface area (Å²) in [5.41, 5.74) is 5.24. The van der Waals surface area contributed by atoms with Gasteiger partial charge in [0.15, 0.2) is 0 Å². The summed E-state index contributed by atoms with van der Waals surface area (Å²) in [6.45, 7) is 1.71. The van der Waals surface area contributed by atoms with Crippen molar-refractivity contribution in [3.05, 3.63) is 0 Å². The lowest BCUT2D eigenvalue weighted by Gasteiger charge is -2.27. The quantitative estimate of drug-likeness (QED) is 0.592. The standard InChI is InChI=1S/C11H22N2O3/c12-8-10(15)6-9(14)7-11(16)13-4-2-1-3-5-13/h9-10,14-15H,1-8,12H2/t9-,10+/m1/s1. The number of likely N-dealkylation sites (tertiary alicyclic amines) is 1. The first-order valence-corrected chi connectivity index (χ1v) is 5.97. The molecule has 1 aliphatic heterocycles. The van der Waals surface area contributed by atoms with E-state index in [0.29, 0.717) is 0 Å². The van der Waals surface area contributed by atoms with Crippen molar-refractivity contribution in [2.45, 2.75) is 44.3 Å². The Morgan fingerprint density at radius 3 is 2.38 bits per heavy atom. The van der Waals surface area contributed by atoms with E-state index in [1.54, 1.807) is 4.90 Å². The van der Waals surface area contributed by atoms with E-state index in [2.05, 4.69) is 0 Å². The fourth-order valence-corrected chi connectivity index (χ4v) is 1.97. The predicted octanol–water partition coefficient (Wildman–Crippen LogP) is -0.540. The summed E-state index contributed by atoms with van der Waals surface area (Å²) in [6, 6.07) is 0. The number of hydrogen-bond donors (Lipinski definition) is 3. The maximum atomic E-state index is 11.7. The third-order valence-corrected chi connectivity index (χ3v) is 2.94. The summed E-state index contributed by atoms with van der Waals surface area (Å²) in [6.07, 6.45) is 2.04. The van der Waals surface area contributed by atoms with E-state index in [1.807, 2.05) is 0 Å². The minimum atomic E-state index is -0.784. The molecule has 1 amide bonds. The van der Waals surface area contributed by atoms with Gasteiger partial charge in [0, 0.05) is 26.1 Å². The normalized spacial score (nSPS) is 20.6. The van der Waals surface area contributed by atoms with Crippen molar-refractivity contribution in [1.29, 1.82) is 0 Å². The molecule has 4 N–H and O–H groups in total. The average Bonchev–Trinajstić information content (AvgIpc) is 2.29. The number of hydrogen-bond acceptors (Lipinski definition) is 4. The number of aliphatic hydroxyl groups excluding tert-OH is 2. The first-order valence-electron chi connectivity index (χ1n) is 5.97. The summed E-state index contributed by atoms with van der Waals surface area (Å²) < 4.78 is 0. The molecule has 0 aromatic heterocycles. The van der Waals surface area contributed by atoms with Gasteiger partial charge in [-0.25, -0.2) is 0 Å². The Morgan fingerprint density at radius 2 is 1.81 bits per heavy atom. The first-order chi connectivity index (χ1) is 7.63. The van der Waals surface area contributed by atoms with Crippen LogP contribution in [0.3, 0.4) is 0 Å². The minimum Gasteiger partial charge on any atom is -0.392 e. The van der Waals surface area contributed by atoms with Crippen LogP contribution in [0, 0.1) is 0 Å². The number of amides is 1. The van der Waals surface area contributed by atoms with Crippen molar-refractivity contribution in [2.24, 2.45) is 5.73 Å². The second kappa shape index (κ2) is 6.83. The van der Waals surface area contributed by atoms with Gasteiger partial charge in [0.2, 0.25) is 5.91 Å². The van der Waals surface area contributed by atoms with Crippen molar-refractivity contribution in [3.8, 4) is 0 Å². The van der Waals surface area contributed by atoms with Gasteiger partial charge in [0.25, 0.3) is 0 Å². The third-order valence-electron chi connectivity index (χ3n) is 2.94. The number of nitrogens with two attached hydrogens (primary N) is 1. The smallest absolute Gasteiger partial charge is 0.225 e. The molecule has 1 rings (SSSR count). The lowest BCUT2D eigenvalue weighted by Crippen LogP contribution is -2.38. The van der Waals surface area contributed by atoms with E-state index >= 15 is 0 Å². The molecular formula is C11H22N2O3. The van der Waals surface area contributed by atoms with Crippen LogP contribution in [0.15, 0.2) is 0 Å². The van der Waals surface area contributed by atoms with Crippen LogP contribution in [0.1, 0.15) is 32.1 Å². The summed E-state index contributed by atoms with van der Waals surface area (Å²) >= 11 is 0. The molecule has 0 aromatic carbocycles. The van der Waals surface area contributed by atoms with E-state index in [4.69, 9.17) is 5.73 Å². The van der Waals surface area contributed by atoms with Gasteiger partial charge < -0.3 is 20.8 Å². The highest BCUT2D eigenvalue weighted by molar-refractivity contribution is 5.76. The van der Waals surface area contributed by atoms with Crippen LogP contribution in [0.5, 0.6) is 0 Å². The molecule has 0 bridgehead atoms. The molecular weight excluding hydrogens is 208 g/mol. The Balaban J connectivity index is 2.26. The van der Waals surface area contributed by atoms with E-state index in [1.165, 1.54) is 6.42 Å². The van der Waals surface area contributed by atoms with Crippen LogP contribution in [0.4, 0.5) is 0 Å². The fourth-order valence-electron chi connectivity index (χ4n) is 1.97. The molecule has 2 atom stereocenters. The maximum absolute atomic E-state index is 11.7. The van der Waals surface area contributed by atoms with Crippen molar-refractivity contribution in [1.82, 2.24) is 4.90 Å². The van der Waals surface area contributed by atoms with Crippen molar-refractivity contribution in [2.75, 3.05) is 19.6 Å². The highest BCUT2D eigenvalue weighted by Gasteiger charge is 2.20. The first kappa shape index (κ1) is 13.4. The van der Waals surface area contributed by atoms with Crippen LogP contribution in [0.25, 0.3) is 0 Å². The number of rotatable bonds is 5. The summed E-state index contributed by atoms with van der Waals surface area (Å²) in [5, 5.41) is 18.8. The molecule has 94 valence electrons. The van der Waals surface area contributed by atoms with Crippen LogP contribution in [-0.4, -0.2) is 52.9 Å². The van der Waals surface area contributed by atoms with Crippen molar-refractivity contribution < 1.29 is 15.0 Å². The highest BCUT2D eigenvalue weighted by atomic mass is 16.3. The van der Waals surface area contributed by atoms with Gasteiger partial charge in [-0.15, -0.1) is 0 Å². The number of carbonyl (C=O) groups excluding carboxylic acids is 1. The maximum Gasteiger partial charge on any atom is 0.225 e. The Kier molecular flexibility index (Phi) is 5.73. The number of aliphatic hydroxyl groups is 2. The van der Waals surface area contributed by atoms with Gasteiger partial charge in [-0.05, 0) is 19.3 Å². The Hall–Kier alpha value is -0.650.